The van der Waals surface area contributed by atoms with Crippen molar-refractivity contribution in [3.8, 4) is 0 Å². The Morgan fingerprint density at radius 2 is 2.35 bits per heavy atom. The van der Waals surface area contributed by atoms with Gasteiger partial charge in [0.15, 0.2) is 9.84 Å². The zero-order valence-corrected chi connectivity index (χ0v) is 13.0. The molecule has 0 atom stereocenters. The summed E-state index contributed by atoms with van der Waals surface area (Å²) in [4.78, 5) is 2.25. The summed E-state index contributed by atoms with van der Waals surface area (Å²) >= 11 is 5.61. The van der Waals surface area contributed by atoms with E-state index in [1.807, 2.05) is 0 Å². The van der Waals surface area contributed by atoms with Crippen molar-refractivity contribution in [1.29, 1.82) is 5.41 Å². The molecule has 0 saturated heterocycles. The van der Waals surface area contributed by atoms with Crippen molar-refractivity contribution in [3.63, 3.8) is 0 Å². The molecule has 0 bridgehead atoms. The van der Waals surface area contributed by atoms with Gasteiger partial charge in [-0.3, -0.25) is 5.41 Å². The molecule has 4 nitrogen and oxygen atoms in total. The first-order chi connectivity index (χ1) is 7.92. The molecule has 0 saturated carbocycles. The number of halogens is 1. The number of hydrogen-bond donors (Lipinski definition) is 2. The van der Waals surface area contributed by atoms with Crippen LogP contribution < -0.4 is 5.73 Å². The molecule has 0 aliphatic rings. The van der Waals surface area contributed by atoms with E-state index in [0.717, 1.165) is 0 Å². The van der Waals surface area contributed by atoms with E-state index in [1.165, 1.54) is 40.2 Å². The van der Waals surface area contributed by atoms with E-state index < -0.39 is 9.84 Å². The van der Waals surface area contributed by atoms with E-state index in [4.69, 9.17) is 11.1 Å². The van der Waals surface area contributed by atoms with E-state index in [2.05, 4.69) is 15.9 Å². The van der Waals surface area contributed by atoms with Gasteiger partial charge in [0.25, 0.3) is 0 Å². The first-order valence-electron chi connectivity index (χ1n) is 4.42. The van der Waals surface area contributed by atoms with Crippen LogP contribution in [0.1, 0.15) is 4.88 Å². The van der Waals surface area contributed by atoms with Gasteiger partial charge in [0.2, 0.25) is 0 Å². The second-order valence-corrected chi connectivity index (χ2v) is 7.68. The van der Waals surface area contributed by atoms with Crippen LogP contribution in [0.25, 0.3) is 0 Å². The molecule has 1 heterocycles. The van der Waals surface area contributed by atoms with E-state index in [0.29, 0.717) is 9.09 Å². The first kappa shape index (κ1) is 14.7. The monoisotopic (exact) mass is 354 g/mol. The van der Waals surface area contributed by atoms with Gasteiger partial charge in [0.05, 0.1) is 19.7 Å². The van der Waals surface area contributed by atoms with Crippen molar-refractivity contribution in [2.45, 2.75) is 9.10 Å². The highest BCUT2D eigenvalue weighted by atomic mass is 79.9. The number of nitrogens with two attached hydrogens (primary N) is 1. The molecule has 1 aromatic rings. The maximum Gasteiger partial charge on any atom is 0.183 e. The van der Waals surface area contributed by atoms with Gasteiger partial charge in [-0.25, -0.2) is 8.42 Å². The summed E-state index contributed by atoms with van der Waals surface area (Å²) in [6.45, 7) is 0. The zero-order chi connectivity index (χ0) is 13.1. The van der Waals surface area contributed by atoms with Crippen molar-refractivity contribution < 1.29 is 8.42 Å². The van der Waals surface area contributed by atoms with Gasteiger partial charge in [0.1, 0.15) is 5.84 Å². The third kappa shape index (κ3) is 3.57. The molecule has 0 spiro atoms. The predicted octanol–water partition coefficient (Wildman–Crippen LogP) is 2.44. The van der Waals surface area contributed by atoms with Crippen LogP contribution in [0, 0.1) is 5.41 Å². The molecule has 17 heavy (non-hydrogen) atoms. The summed E-state index contributed by atoms with van der Waals surface area (Å²) in [6, 6.07) is 1.47. The summed E-state index contributed by atoms with van der Waals surface area (Å²) in [7, 11) is -3.36. The minimum absolute atomic E-state index is 0.0696. The van der Waals surface area contributed by atoms with Gasteiger partial charge in [-0.1, -0.05) is 22.0 Å². The van der Waals surface area contributed by atoms with Crippen molar-refractivity contribution in [2.75, 3.05) is 12.0 Å². The van der Waals surface area contributed by atoms with E-state index >= 15 is 0 Å². The zero-order valence-electron chi connectivity index (χ0n) is 8.94. The average Bonchev–Trinajstić information content (AvgIpc) is 2.71. The van der Waals surface area contributed by atoms with E-state index in [9.17, 15) is 8.42 Å². The number of rotatable bonds is 5. The normalized spacial score (nSPS) is 12.1. The van der Waals surface area contributed by atoms with Crippen LogP contribution in [0.2, 0.25) is 0 Å². The summed E-state index contributed by atoms with van der Waals surface area (Å²) in [5, 5.41) is 7.33. The van der Waals surface area contributed by atoms with Crippen LogP contribution in [0.15, 0.2) is 26.2 Å². The Kier molecular flexibility index (Phi) is 5.23. The molecule has 0 unspecified atom stereocenters. The van der Waals surface area contributed by atoms with Crippen molar-refractivity contribution in [1.82, 2.24) is 0 Å². The number of nitrogens with one attached hydrogen (secondary N) is 1. The van der Waals surface area contributed by atoms with Gasteiger partial charge in [-0.05, 0) is 17.3 Å². The Labute approximate surface area is 117 Å². The Hall–Kier alpha value is -0.310. The molecule has 0 aliphatic heterocycles. The largest absolute Gasteiger partial charge is 0.383 e. The van der Waals surface area contributed by atoms with Crippen LogP contribution in [0.3, 0.4) is 0 Å². The molecule has 0 amide bonds. The molecule has 0 aromatic carbocycles. The Morgan fingerprint density at radius 3 is 2.82 bits per heavy atom. The molecule has 94 valence electrons. The Bertz CT molecular complexity index is 549. The van der Waals surface area contributed by atoms with Gasteiger partial charge >= 0.3 is 0 Å². The number of sulfone groups is 1. The van der Waals surface area contributed by atoms with Crippen molar-refractivity contribution in [2.24, 2.45) is 5.73 Å². The van der Waals surface area contributed by atoms with E-state index in [1.54, 1.807) is 6.26 Å². The average molecular weight is 355 g/mol. The fourth-order valence-corrected chi connectivity index (χ4v) is 5.34. The first-order valence-corrected chi connectivity index (χ1v) is 9.03. The SMILES string of the molecule is CSc1sc(C(=N)N)cc1S(=O)(=O)C/C=C/Br. The molecule has 0 fully saturated rings. The Balaban J connectivity index is 3.25. The van der Waals surface area contributed by atoms with Gasteiger partial charge in [-0.15, -0.1) is 23.1 Å². The highest BCUT2D eigenvalue weighted by Gasteiger charge is 2.21. The van der Waals surface area contributed by atoms with Crippen molar-refractivity contribution >= 4 is 54.7 Å². The van der Waals surface area contributed by atoms with Crippen LogP contribution in [0.4, 0.5) is 0 Å². The second kappa shape index (κ2) is 6.03. The second-order valence-electron chi connectivity index (χ2n) is 3.02. The fraction of sp³-hybridized carbons (Fsp3) is 0.222. The molecular formula is C9H11BrN2O2S3. The highest BCUT2D eigenvalue weighted by Crippen LogP contribution is 2.34. The molecule has 8 heteroatoms. The number of hydrogen-bond acceptors (Lipinski definition) is 5. The number of nitrogen functional groups attached to an aromatic ring is 1. The van der Waals surface area contributed by atoms with Gasteiger partial charge in [0, 0.05) is 0 Å². The molecule has 1 aromatic heterocycles. The minimum Gasteiger partial charge on any atom is -0.383 e. The maximum atomic E-state index is 12.0. The predicted molar refractivity (Wildman–Crippen MR) is 77.2 cm³/mol. The van der Waals surface area contributed by atoms with Crippen LogP contribution in [-0.2, 0) is 9.84 Å². The van der Waals surface area contributed by atoms with Crippen LogP contribution in [-0.4, -0.2) is 26.3 Å². The third-order valence-electron chi connectivity index (χ3n) is 1.86. The lowest BCUT2D eigenvalue weighted by atomic mass is 10.4. The number of amidine groups is 1. The maximum absolute atomic E-state index is 12.0. The summed E-state index contributed by atoms with van der Waals surface area (Å²) in [5.74, 6) is -0.178. The Morgan fingerprint density at radius 1 is 1.71 bits per heavy atom. The lowest BCUT2D eigenvalue weighted by molar-refractivity contribution is 0.598. The standard InChI is InChI=1S/C9H11BrN2O2S3/c1-15-9-7(5-6(16-9)8(11)12)17(13,14)4-2-3-10/h2-3,5H,4H2,1H3,(H3,11,12)/b3-2+. The molecule has 1 rings (SSSR count). The fourth-order valence-electron chi connectivity index (χ4n) is 1.10. The number of thioether (sulfide) groups is 1. The van der Waals surface area contributed by atoms with Crippen LogP contribution in [0.5, 0.6) is 0 Å². The lowest BCUT2D eigenvalue weighted by Crippen LogP contribution is -2.09. The van der Waals surface area contributed by atoms with Crippen molar-refractivity contribution in [3.05, 3.63) is 22.0 Å². The minimum atomic E-state index is -3.36. The lowest BCUT2D eigenvalue weighted by Gasteiger charge is -2.00. The summed E-state index contributed by atoms with van der Waals surface area (Å²) in [6.07, 6.45) is 3.32. The molecule has 0 aliphatic carbocycles. The quantitative estimate of drug-likeness (QED) is 0.483. The highest BCUT2D eigenvalue weighted by molar-refractivity contribution is 9.11. The smallest absolute Gasteiger partial charge is 0.183 e. The number of thiophene rings is 1. The van der Waals surface area contributed by atoms with Crippen LogP contribution >= 0.6 is 39.0 Å². The molecule has 0 radical (unpaired) electrons. The topological polar surface area (TPSA) is 84.0 Å². The molecule has 3 N–H and O–H groups in total. The molecular weight excluding hydrogens is 344 g/mol. The third-order valence-corrected chi connectivity index (χ3v) is 6.42. The van der Waals surface area contributed by atoms with Gasteiger partial charge in [-0.2, -0.15) is 0 Å². The van der Waals surface area contributed by atoms with E-state index in [-0.39, 0.29) is 16.5 Å². The summed E-state index contributed by atoms with van der Waals surface area (Å²) < 4.78 is 24.7. The van der Waals surface area contributed by atoms with Gasteiger partial charge < -0.3 is 5.73 Å². The summed E-state index contributed by atoms with van der Waals surface area (Å²) in [5.41, 5.74) is 5.36.